The summed E-state index contributed by atoms with van der Waals surface area (Å²) in [6, 6.07) is 0. The number of esters is 1. The van der Waals surface area contributed by atoms with Gasteiger partial charge < -0.3 is 34.3 Å². The Morgan fingerprint density at radius 2 is 1.16 bits per heavy atom. The second kappa shape index (κ2) is 36.9. The van der Waals surface area contributed by atoms with Gasteiger partial charge in [0.05, 0.1) is 19.8 Å². The van der Waals surface area contributed by atoms with E-state index in [0.29, 0.717) is 13.0 Å². The van der Waals surface area contributed by atoms with Gasteiger partial charge in [0.25, 0.3) is 0 Å². The number of aliphatic hydroxyl groups excluding tert-OH is 3. The van der Waals surface area contributed by atoms with Crippen LogP contribution in [-0.4, -0.2) is 97.5 Å². The molecule has 0 aromatic heterocycles. The minimum Gasteiger partial charge on any atom is -0.457 e. The van der Waals surface area contributed by atoms with E-state index in [4.69, 9.17) is 23.5 Å². The molecule has 0 aromatic carbocycles. The Morgan fingerprint density at radius 1 is 0.672 bits per heavy atom. The van der Waals surface area contributed by atoms with Gasteiger partial charge in [-0.3, -0.25) is 9.35 Å². The van der Waals surface area contributed by atoms with E-state index in [9.17, 15) is 28.5 Å². The largest absolute Gasteiger partial charge is 0.457 e. The van der Waals surface area contributed by atoms with Crippen LogP contribution in [0.3, 0.4) is 0 Å². The molecule has 1 aliphatic heterocycles. The van der Waals surface area contributed by atoms with Crippen LogP contribution in [0.4, 0.5) is 0 Å². The first-order chi connectivity index (χ1) is 28.1. The Bertz CT molecular complexity index is 1200. The van der Waals surface area contributed by atoms with E-state index in [0.717, 1.165) is 44.9 Å². The molecule has 1 heterocycles. The highest BCUT2D eigenvalue weighted by Crippen LogP contribution is 2.26. The van der Waals surface area contributed by atoms with Gasteiger partial charge in [-0.1, -0.05) is 172 Å². The Hall–Kier alpha value is -1.94. The maximum absolute atomic E-state index is 12.8. The zero-order valence-corrected chi connectivity index (χ0v) is 36.7. The molecule has 6 atom stereocenters. The lowest BCUT2D eigenvalue weighted by molar-refractivity contribution is -0.301. The molecule has 0 bridgehead atoms. The van der Waals surface area contributed by atoms with Crippen molar-refractivity contribution in [2.45, 2.75) is 205 Å². The van der Waals surface area contributed by atoms with Crippen LogP contribution in [0.1, 0.15) is 168 Å². The number of hydrogen-bond acceptors (Lipinski definition) is 11. The number of carbonyl (C=O) groups excluding carboxylic acids is 1. The van der Waals surface area contributed by atoms with Gasteiger partial charge in [0.2, 0.25) is 0 Å². The highest BCUT2D eigenvalue weighted by molar-refractivity contribution is 7.80. The van der Waals surface area contributed by atoms with E-state index in [-0.39, 0.29) is 19.6 Å². The molecule has 1 aliphatic rings. The molecule has 58 heavy (non-hydrogen) atoms. The van der Waals surface area contributed by atoms with Gasteiger partial charge in [-0.15, -0.1) is 0 Å². The van der Waals surface area contributed by atoms with Crippen molar-refractivity contribution in [3.63, 3.8) is 0 Å². The summed E-state index contributed by atoms with van der Waals surface area (Å²) in [5, 5.41) is 30.6. The molecule has 0 aliphatic carbocycles. The molecule has 1 rings (SSSR count). The van der Waals surface area contributed by atoms with Crippen LogP contribution < -0.4 is 0 Å². The van der Waals surface area contributed by atoms with Gasteiger partial charge in [0.15, 0.2) is 6.29 Å². The molecule has 13 heteroatoms. The van der Waals surface area contributed by atoms with Gasteiger partial charge in [0, 0.05) is 13.0 Å². The Balaban J connectivity index is 2.45. The van der Waals surface area contributed by atoms with Gasteiger partial charge >= 0.3 is 16.4 Å². The number of ether oxygens (including phenoxy) is 4. The zero-order valence-electron chi connectivity index (χ0n) is 35.8. The van der Waals surface area contributed by atoms with Crippen molar-refractivity contribution in [3.05, 3.63) is 48.6 Å². The van der Waals surface area contributed by atoms with Gasteiger partial charge in [-0.25, -0.2) is 4.18 Å². The van der Waals surface area contributed by atoms with E-state index in [1.54, 1.807) is 0 Å². The second-order valence-electron chi connectivity index (χ2n) is 15.3. The number of hydrogen-bond donors (Lipinski definition) is 4. The molecule has 6 unspecified atom stereocenters. The Labute approximate surface area is 351 Å². The first-order valence-corrected chi connectivity index (χ1v) is 23.8. The fraction of sp³-hybridized carbons (Fsp3) is 0.800. The first-order valence-electron chi connectivity index (χ1n) is 22.4. The molecule has 338 valence electrons. The summed E-state index contributed by atoms with van der Waals surface area (Å²) < 4.78 is 58.9. The predicted octanol–water partition coefficient (Wildman–Crippen LogP) is 9.19. The molecule has 0 saturated carbocycles. The molecule has 0 aromatic rings. The van der Waals surface area contributed by atoms with Crippen molar-refractivity contribution < 1.29 is 56.2 Å². The molecular formula is C45H80O12S. The second-order valence-corrected chi connectivity index (χ2v) is 16.3. The number of unbranched alkanes of at least 4 members (excludes halogenated alkanes) is 17. The summed E-state index contributed by atoms with van der Waals surface area (Å²) in [5.41, 5.74) is 0. The van der Waals surface area contributed by atoms with E-state index in [2.05, 4.69) is 54.5 Å². The van der Waals surface area contributed by atoms with Crippen molar-refractivity contribution >= 4 is 16.4 Å². The summed E-state index contributed by atoms with van der Waals surface area (Å²) >= 11 is 0. The normalized spacial score (nSPS) is 21.0. The van der Waals surface area contributed by atoms with Crippen molar-refractivity contribution in [3.8, 4) is 0 Å². The third-order valence-corrected chi connectivity index (χ3v) is 10.4. The average Bonchev–Trinajstić information content (AvgIpc) is 3.19. The minimum absolute atomic E-state index is 0.00842. The molecule has 0 amide bonds. The van der Waals surface area contributed by atoms with Crippen molar-refractivity contribution in [2.75, 3.05) is 26.4 Å². The molecule has 0 spiro atoms. The van der Waals surface area contributed by atoms with Crippen LogP contribution in [0.15, 0.2) is 48.6 Å². The van der Waals surface area contributed by atoms with Gasteiger partial charge in [0.1, 0.15) is 30.5 Å². The summed E-state index contributed by atoms with van der Waals surface area (Å²) in [4.78, 5) is 12.8. The lowest BCUT2D eigenvalue weighted by atomic mass is 9.99. The summed E-state index contributed by atoms with van der Waals surface area (Å²) in [6.07, 6.45) is 34.6. The predicted molar refractivity (Wildman–Crippen MR) is 230 cm³/mol. The average molecular weight is 845 g/mol. The third kappa shape index (κ3) is 30.1. The SMILES string of the molecule is CC/C=C\C/C=C\C/C=C\C/C=C\CCC(=O)OC(COCCCCCCCCCCCCCCCCCCCC)COC1OC(CO)C(O)C(OS(=O)(=O)O)C1O. The Kier molecular flexibility index (Phi) is 34.4. The number of carbonyl (C=O) groups is 1. The smallest absolute Gasteiger partial charge is 0.397 e. The summed E-state index contributed by atoms with van der Waals surface area (Å²) in [5.74, 6) is -0.478. The van der Waals surface area contributed by atoms with Crippen molar-refractivity contribution in [2.24, 2.45) is 0 Å². The van der Waals surface area contributed by atoms with Crippen LogP contribution in [0, 0.1) is 0 Å². The highest BCUT2D eigenvalue weighted by atomic mass is 32.3. The monoisotopic (exact) mass is 845 g/mol. The lowest BCUT2D eigenvalue weighted by Gasteiger charge is -2.41. The molecular weight excluding hydrogens is 765 g/mol. The summed E-state index contributed by atoms with van der Waals surface area (Å²) in [6.45, 7) is 3.79. The van der Waals surface area contributed by atoms with Crippen molar-refractivity contribution in [1.82, 2.24) is 0 Å². The zero-order chi connectivity index (χ0) is 42.5. The van der Waals surface area contributed by atoms with E-state index in [1.165, 1.54) is 96.3 Å². The molecule has 4 N–H and O–H groups in total. The summed E-state index contributed by atoms with van der Waals surface area (Å²) in [7, 11) is -5.07. The molecule has 12 nitrogen and oxygen atoms in total. The first kappa shape index (κ1) is 54.1. The maximum Gasteiger partial charge on any atom is 0.397 e. The highest BCUT2D eigenvalue weighted by Gasteiger charge is 2.48. The molecule has 1 fully saturated rings. The van der Waals surface area contributed by atoms with Gasteiger partial charge in [-0.05, 0) is 38.5 Å². The standard InChI is InChI=1S/C45H80O12S/c1-3-5-7-9-11-13-15-17-18-19-20-21-23-25-27-29-31-33-35-53-37-39(38-54-45-43(49)44(57-58(50,51)52)42(48)40(36-46)56-45)55-41(47)34-32-30-28-26-24-22-16-14-12-10-8-6-4-2/h6,8,12,14,22,24,28,30,39-40,42-46,48-49H,3-5,7,9-11,13,15-21,23,25-27,29,31-38H2,1-2H3,(H,50,51,52)/b8-6-,14-12-,24-22-,30-28-. The minimum atomic E-state index is -5.07. The maximum atomic E-state index is 12.8. The third-order valence-electron chi connectivity index (χ3n) is 9.98. The van der Waals surface area contributed by atoms with Crippen molar-refractivity contribution in [1.29, 1.82) is 0 Å². The van der Waals surface area contributed by atoms with Crippen LogP contribution in [0.25, 0.3) is 0 Å². The van der Waals surface area contributed by atoms with Crippen LogP contribution in [0.5, 0.6) is 0 Å². The van der Waals surface area contributed by atoms with Gasteiger partial charge in [-0.2, -0.15) is 8.42 Å². The molecule has 1 saturated heterocycles. The fourth-order valence-corrected chi connectivity index (χ4v) is 7.14. The number of allylic oxidation sites excluding steroid dienone is 8. The fourth-order valence-electron chi connectivity index (χ4n) is 6.63. The van der Waals surface area contributed by atoms with E-state index < -0.39 is 59.8 Å². The topological polar surface area (TPSA) is 178 Å². The number of aliphatic hydroxyl groups is 3. The lowest BCUT2D eigenvalue weighted by Crippen LogP contribution is -2.60. The van der Waals surface area contributed by atoms with Crippen LogP contribution in [-0.2, 0) is 38.3 Å². The quantitative estimate of drug-likeness (QED) is 0.0201. The van der Waals surface area contributed by atoms with E-state index >= 15 is 0 Å². The van der Waals surface area contributed by atoms with Crippen LogP contribution >= 0.6 is 0 Å². The van der Waals surface area contributed by atoms with Crippen LogP contribution in [0.2, 0.25) is 0 Å². The number of rotatable bonds is 38. The molecule has 0 radical (unpaired) electrons. The Morgan fingerprint density at radius 3 is 1.64 bits per heavy atom. The van der Waals surface area contributed by atoms with E-state index in [1.807, 2.05) is 12.2 Å².